The second kappa shape index (κ2) is 7.87. The third-order valence-corrected chi connectivity index (χ3v) is 3.88. The average molecular weight is 285 g/mol. The van der Waals surface area contributed by atoms with E-state index in [1.54, 1.807) is 0 Å². The van der Waals surface area contributed by atoms with Crippen LogP contribution in [0.4, 0.5) is 5.95 Å². The predicted octanol–water partition coefficient (Wildman–Crippen LogP) is 4.60. The lowest BCUT2D eigenvalue weighted by atomic mass is 9.98. The molecule has 0 aliphatic carbocycles. The van der Waals surface area contributed by atoms with Crippen LogP contribution in [0.5, 0.6) is 0 Å². The van der Waals surface area contributed by atoms with Gasteiger partial charge in [0.15, 0.2) is 0 Å². The highest BCUT2D eigenvalue weighted by molar-refractivity contribution is 5.29. The van der Waals surface area contributed by atoms with Crippen LogP contribution in [0.3, 0.4) is 0 Å². The van der Waals surface area contributed by atoms with Gasteiger partial charge in [-0.3, -0.25) is 0 Å². The topological polar surface area (TPSA) is 29.9 Å². The number of aromatic nitrogens is 2. The highest BCUT2D eigenvalue weighted by Gasteiger charge is 2.07. The van der Waals surface area contributed by atoms with Gasteiger partial charge in [0, 0.05) is 19.3 Å². The van der Waals surface area contributed by atoms with E-state index in [1.165, 1.54) is 18.4 Å². The molecule has 1 unspecified atom stereocenters. The zero-order valence-electron chi connectivity index (χ0n) is 13.5. The van der Waals surface area contributed by atoms with E-state index in [1.807, 2.05) is 0 Å². The monoisotopic (exact) mass is 285 g/mol. The molecule has 0 aliphatic rings. The summed E-state index contributed by atoms with van der Waals surface area (Å²) < 4.78 is 2.24. The summed E-state index contributed by atoms with van der Waals surface area (Å²) in [5, 5.41) is 3.50. The number of anilines is 1. The highest BCUT2D eigenvalue weighted by Crippen LogP contribution is 2.18. The molecule has 1 aromatic carbocycles. The first-order valence-electron chi connectivity index (χ1n) is 8.03. The fourth-order valence-electron chi connectivity index (χ4n) is 2.54. The van der Waals surface area contributed by atoms with Crippen molar-refractivity contribution in [2.75, 3.05) is 11.9 Å². The molecule has 3 nitrogen and oxygen atoms in total. The molecular formula is C18H27N3. The number of hydrogen-bond donors (Lipinski definition) is 1. The maximum Gasteiger partial charge on any atom is 0.203 e. The van der Waals surface area contributed by atoms with E-state index in [2.05, 4.69) is 72.2 Å². The predicted molar refractivity (Wildman–Crippen MR) is 89.8 cm³/mol. The van der Waals surface area contributed by atoms with Gasteiger partial charge in [0.1, 0.15) is 0 Å². The molecule has 0 saturated heterocycles. The number of nitrogens with zero attached hydrogens (tertiary/aromatic N) is 2. The molecule has 1 N–H and O–H groups in total. The van der Waals surface area contributed by atoms with E-state index in [4.69, 9.17) is 0 Å². The fraction of sp³-hybridized carbons (Fsp3) is 0.500. The van der Waals surface area contributed by atoms with Crippen LogP contribution in [-0.2, 0) is 6.54 Å². The van der Waals surface area contributed by atoms with Crippen molar-refractivity contribution in [3.05, 3.63) is 47.8 Å². The van der Waals surface area contributed by atoms with Crippen LogP contribution in [0.1, 0.15) is 50.3 Å². The third-order valence-electron chi connectivity index (χ3n) is 3.88. The molecule has 0 amide bonds. The van der Waals surface area contributed by atoms with Gasteiger partial charge in [0.25, 0.3) is 0 Å². The lowest BCUT2D eigenvalue weighted by molar-refractivity contribution is 0.630. The van der Waals surface area contributed by atoms with E-state index in [-0.39, 0.29) is 0 Å². The van der Waals surface area contributed by atoms with Crippen molar-refractivity contribution < 1.29 is 0 Å². The zero-order valence-corrected chi connectivity index (χ0v) is 13.5. The second-order valence-corrected chi connectivity index (χ2v) is 5.78. The fourth-order valence-corrected chi connectivity index (χ4v) is 2.54. The van der Waals surface area contributed by atoms with Crippen LogP contribution in [0, 0.1) is 6.92 Å². The number of aryl methyl sites for hydroxylation is 2. The molecule has 0 aliphatic heterocycles. The van der Waals surface area contributed by atoms with Crippen molar-refractivity contribution >= 4 is 5.95 Å². The van der Waals surface area contributed by atoms with Crippen molar-refractivity contribution in [3.8, 4) is 0 Å². The minimum absolute atomic E-state index is 0.568. The van der Waals surface area contributed by atoms with Gasteiger partial charge in [-0.1, -0.05) is 50.6 Å². The van der Waals surface area contributed by atoms with Gasteiger partial charge in [-0.15, -0.1) is 0 Å². The van der Waals surface area contributed by atoms with Gasteiger partial charge in [-0.2, -0.15) is 0 Å². The molecule has 0 bridgehead atoms. The minimum atomic E-state index is 0.568. The standard InChI is InChI=1S/C18H27N3/c1-4-5-13-21-14-16(3)20-18(21)19-12-11-15(2)17-9-7-6-8-10-17/h6-10,14-15H,4-5,11-13H2,1-3H3,(H,19,20). The van der Waals surface area contributed by atoms with E-state index in [0.717, 1.165) is 31.2 Å². The molecule has 1 heterocycles. The largest absolute Gasteiger partial charge is 0.356 e. The van der Waals surface area contributed by atoms with E-state index >= 15 is 0 Å². The Hall–Kier alpha value is -1.77. The Kier molecular flexibility index (Phi) is 5.85. The van der Waals surface area contributed by atoms with E-state index in [0.29, 0.717) is 5.92 Å². The summed E-state index contributed by atoms with van der Waals surface area (Å²) >= 11 is 0. The molecule has 0 fully saturated rings. The molecule has 2 rings (SSSR count). The van der Waals surface area contributed by atoms with Crippen molar-refractivity contribution in [2.45, 2.75) is 52.5 Å². The van der Waals surface area contributed by atoms with Crippen LogP contribution < -0.4 is 5.32 Å². The van der Waals surface area contributed by atoms with Gasteiger partial charge in [0.2, 0.25) is 5.95 Å². The Labute approximate surface area is 128 Å². The number of nitrogens with one attached hydrogen (secondary N) is 1. The molecular weight excluding hydrogens is 258 g/mol. The Morgan fingerprint density at radius 2 is 2.00 bits per heavy atom. The number of rotatable bonds is 8. The van der Waals surface area contributed by atoms with Gasteiger partial charge in [-0.05, 0) is 31.2 Å². The normalized spacial score (nSPS) is 12.3. The molecule has 3 heteroatoms. The molecule has 0 radical (unpaired) electrons. The molecule has 114 valence electrons. The Bertz CT molecular complexity index is 531. The van der Waals surface area contributed by atoms with Crippen molar-refractivity contribution in [3.63, 3.8) is 0 Å². The Morgan fingerprint density at radius 1 is 1.24 bits per heavy atom. The van der Waals surface area contributed by atoms with Gasteiger partial charge in [-0.25, -0.2) is 4.98 Å². The van der Waals surface area contributed by atoms with Crippen LogP contribution in [0.25, 0.3) is 0 Å². The lowest BCUT2D eigenvalue weighted by Gasteiger charge is -2.13. The van der Waals surface area contributed by atoms with E-state index < -0.39 is 0 Å². The summed E-state index contributed by atoms with van der Waals surface area (Å²) in [7, 11) is 0. The number of imidazole rings is 1. The molecule has 1 aromatic heterocycles. The summed E-state index contributed by atoms with van der Waals surface area (Å²) in [6.07, 6.45) is 5.66. The average Bonchev–Trinajstić information content (AvgIpc) is 2.86. The van der Waals surface area contributed by atoms with Crippen LogP contribution in [0.2, 0.25) is 0 Å². The highest BCUT2D eigenvalue weighted by atomic mass is 15.2. The minimum Gasteiger partial charge on any atom is -0.356 e. The van der Waals surface area contributed by atoms with Crippen molar-refractivity contribution in [1.29, 1.82) is 0 Å². The molecule has 0 saturated carbocycles. The van der Waals surface area contributed by atoms with Crippen LogP contribution >= 0.6 is 0 Å². The van der Waals surface area contributed by atoms with E-state index in [9.17, 15) is 0 Å². The first-order valence-corrected chi connectivity index (χ1v) is 8.03. The maximum atomic E-state index is 4.58. The quantitative estimate of drug-likeness (QED) is 0.768. The van der Waals surface area contributed by atoms with Crippen LogP contribution in [-0.4, -0.2) is 16.1 Å². The lowest BCUT2D eigenvalue weighted by Crippen LogP contribution is -2.11. The SMILES string of the molecule is CCCCn1cc(C)nc1NCCC(C)c1ccccc1. The van der Waals surface area contributed by atoms with Crippen molar-refractivity contribution in [1.82, 2.24) is 9.55 Å². The Balaban J connectivity index is 1.85. The van der Waals surface area contributed by atoms with Crippen LogP contribution in [0.15, 0.2) is 36.5 Å². The first kappa shape index (κ1) is 15.6. The second-order valence-electron chi connectivity index (χ2n) is 5.78. The molecule has 1 atom stereocenters. The molecule has 2 aromatic rings. The summed E-state index contributed by atoms with van der Waals surface area (Å²) in [5.74, 6) is 1.58. The molecule has 0 spiro atoms. The van der Waals surface area contributed by atoms with Gasteiger partial charge in [0.05, 0.1) is 5.69 Å². The van der Waals surface area contributed by atoms with Crippen molar-refractivity contribution in [2.24, 2.45) is 0 Å². The first-order chi connectivity index (χ1) is 10.2. The number of hydrogen-bond acceptors (Lipinski definition) is 2. The summed E-state index contributed by atoms with van der Waals surface area (Å²) in [6.45, 7) is 8.57. The summed E-state index contributed by atoms with van der Waals surface area (Å²) in [6, 6.07) is 10.7. The smallest absolute Gasteiger partial charge is 0.203 e. The Morgan fingerprint density at radius 3 is 2.71 bits per heavy atom. The third kappa shape index (κ3) is 4.62. The maximum absolute atomic E-state index is 4.58. The zero-order chi connectivity index (χ0) is 15.1. The summed E-state index contributed by atoms with van der Waals surface area (Å²) in [4.78, 5) is 4.58. The number of benzene rings is 1. The number of unbranched alkanes of at least 4 members (excludes halogenated alkanes) is 1. The van der Waals surface area contributed by atoms with Gasteiger partial charge >= 0.3 is 0 Å². The summed E-state index contributed by atoms with van der Waals surface area (Å²) in [5.41, 5.74) is 2.49. The van der Waals surface area contributed by atoms with Gasteiger partial charge < -0.3 is 9.88 Å². The molecule has 21 heavy (non-hydrogen) atoms.